The Balaban J connectivity index is 1.16. The molecule has 2 saturated heterocycles. The number of halogens is 1. The lowest BCUT2D eigenvalue weighted by Gasteiger charge is -2.34. The molecule has 1 amide bonds. The standard InChI is InChI=1S/C28H28FN3O2S/c29-23-6-4-19(5-7-23)20-8-11-31(12-9-20)14-22-15-32(16-25(22)21-10-13-35-17-21)28(33)24-2-1-3-26-27(24)30-18-34-26/h1-7,10,13,17-18,20,22,25H,8-9,11-12,14-16H2. The van der Waals surface area contributed by atoms with Gasteiger partial charge in [-0.2, -0.15) is 11.3 Å². The van der Waals surface area contributed by atoms with Crippen LogP contribution in [-0.4, -0.2) is 53.4 Å². The van der Waals surface area contributed by atoms with Crippen LogP contribution in [0.5, 0.6) is 0 Å². The van der Waals surface area contributed by atoms with E-state index in [2.05, 4.69) is 26.7 Å². The van der Waals surface area contributed by atoms with Gasteiger partial charge in [-0.1, -0.05) is 18.2 Å². The molecule has 0 aliphatic carbocycles. The number of likely N-dealkylation sites (tertiary alicyclic amines) is 2. The molecule has 0 saturated carbocycles. The van der Waals surface area contributed by atoms with E-state index in [9.17, 15) is 9.18 Å². The topological polar surface area (TPSA) is 49.6 Å². The number of aromatic nitrogens is 1. The normalized spacial score (nSPS) is 21.7. The van der Waals surface area contributed by atoms with Gasteiger partial charge in [0.05, 0.1) is 5.56 Å². The van der Waals surface area contributed by atoms with Gasteiger partial charge < -0.3 is 14.2 Å². The van der Waals surface area contributed by atoms with Crippen LogP contribution in [0.4, 0.5) is 4.39 Å². The van der Waals surface area contributed by atoms with Gasteiger partial charge in [0.15, 0.2) is 12.0 Å². The van der Waals surface area contributed by atoms with E-state index in [4.69, 9.17) is 4.42 Å². The summed E-state index contributed by atoms with van der Waals surface area (Å²) in [5.74, 6) is 1.06. The highest BCUT2D eigenvalue weighted by molar-refractivity contribution is 7.08. The monoisotopic (exact) mass is 489 g/mol. The first kappa shape index (κ1) is 22.4. The van der Waals surface area contributed by atoms with Crippen LogP contribution in [0.25, 0.3) is 11.1 Å². The summed E-state index contributed by atoms with van der Waals surface area (Å²) in [6.07, 6.45) is 3.56. The average molecular weight is 490 g/mol. The largest absolute Gasteiger partial charge is 0.443 e. The average Bonchev–Trinajstić information content (AvgIpc) is 3.65. The van der Waals surface area contributed by atoms with Crippen molar-refractivity contribution in [2.75, 3.05) is 32.7 Å². The number of hydrogen-bond acceptors (Lipinski definition) is 5. The van der Waals surface area contributed by atoms with E-state index >= 15 is 0 Å². The smallest absolute Gasteiger partial charge is 0.256 e. The Kier molecular flexibility index (Phi) is 6.12. The van der Waals surface area contributed by atoms with Crippen LogP contribution in [-0.2, 0) is 0 Å². The van der Waals surface area contributed by atoms with E-state index in [1.54, 1.807) is 23.5 Å². The van der Waals surface area contributed by atoms with Crippen LogP contribution in [0.15, 0.2) is 70.1 Å². The molecule has 2 aromatic heterocycles. The van der Waals surface area contributed by atoms with Gasteiger partial charge in [-0.25, -0.2) is 9.37 Å². The number of carbonyl (C=O) groups excluding carboxylic acids is 1. The summed E-state index contributed by atoms with van der Waals surface area (Å²) < 4.78 is 18.7. The molecule has 0 radical (unpaired) electrons. The number of rotatable bonds is 5. The van der Waals surface area contributed by atoms with Crippen molar-refractivity contribution >= 4 is 28.3 Å². The Labute approximate surface area is 208 Å². The number of para-hydroxylation sites is 1. The van der Waals surface area contributed by atoms with Crippen LogP contribution in [0.1, 0.15) is 46.2 Å². The highest BCUT2D eigenvalue weighted by atomic mass is 32.1. The summed E-state index contributed by atoms with van der Waals surface area (Å²) in [5, 5.41) is 4.35. The van der Waals surface area contributed by atoms with Gasteiger partial charge >= 0.3 is 0 Å². The highest BCUT2D eigenvalue weighted by Gasteiger charge is 2.38. The predicted octanol–water partition coefficient (Wildman–Crippen LogP) is 5.76. The number of piperidine rings is 1. The van der Waals surface area contributed by atoms with Gasteiger partial charge in [-0.3, -0.25) is 4.79 Å². The summed E-state index contributed by atoms with van der Waals surface area (Å²) in [6, 6.07) is 14.7. The third-order valence-electron chi connectivity index (χ3n) is 7.71. The Morgan fingerprint density at radius 1 is 1.06 bits per heavy atom. The number of fused-ring (bicyclic) bond motifs is 1. The number of carbonyl (C=O) groups is 1. The van der Waals surface area contributed by atoms with Gasteiger partial charge in [-0.15, -0.1) is 0 Å². The Morgan fingerprint density at radius 2 is 1.89 bits per heavy atom. The molecule has 2 aromatic carbocycles. The molecule has 2 aliphatic heterocycles. The van der Waals surface area contributed by atoms with E-state index in [0.717, 1.165) is 45.6 Å². The SMILES string of the molecule is O=C(c1cccc2ocnc12)N1CC(CN2CCC(c3ccc(F)cc3)CC2)C(c2ccsc2)C1. The fraction of sp³-hybridized carbons (Fsp3) is 0.357. The van der Waals surface area contributed by atoms with Gasteiger partial charge in [0.2, 0.25) is 0 Å². The fourth-order valence-corrected chi connectivity index (χ4v) is 6.56. The summed E-state index contributed by atoms with van der Waals surface area (Å²) in [5.41, 5.74) is 4.46. The van der Waals surface area contributed by atoms with Crippen molar-refractivity contribution in [1.82, 2.24) is 14.8 Å². The lowest BCUT2D eigenvalue weighted by Crippen LogP contribution is -2.38. The molecule has 2 fully saturated rings. The molecule has 5 nitrogen and oxygen atoms in total. The number of amides is 1. The second-order valence-electron chi connectivity index (χ2n) is 9.76. The van der Waals surface area contributed by atoms with Crippen LogP contribution in [0, 0.1) is 11.7 Å². The number of thiophene rings is 1. The van der Waals surface area contributed by atoms with E-state index in [1.807, 2.05) is 35.2 Å². The van der Waals surface area contributed by atoms with Crippen LogP contribution in [0.2, 0.25) is 0 Å². The quantitative estimate of drug-likeness (QED) is 0.357. The van der Waals surface area contributed by atoms with Crippen LogP contribution >= 0.6 is 11.3 Å². The molecule has 6 rings (SSSR count). The molecular formula is C28H28FN3O2S. The van der Waals surface area contributed by atoms with Gasteiger partial charge in [0.1, 0.15) is 11.3 Å². The van der Waals surface area contributed by atoms with Gasteiger partial charge in [-0.05, 0) is 90.0 Å². The van der Waals surface area contributed by atoms with Crippen molar-refractivity contribution < 1.29 is 13.6 Å². The minimum atomic E-state index is -0.175. The molecule has 0 spiro atoms. The Morgan fingerprint density at radius 3 is 2.66 bits per heavy atom. The molecule has 35 heavy (non-hydrogen) atoms. The first-order valence-electron chi connectivity index (χ1n) is 12.3. The summed E-state index contributed by atoms with van der Waals surface area (Å²) >= 11 is 1.72. The number of benzene rings is 2. The molecule has 2 atom stereocenters. The maximum atomic E-state index is 13.5. The molecule has 2 aliphatic rings. The minimum absolute atomic E-state index is 0.0299. The maximum absolute atomic E-state index is 13.5. The van der Waals surface area contributed by atoms with E-state index in [1.165, 1.54) is 17.5 Å². The number of oxazole rings is 1. The number of hydrogen-bond donors (Lipinski definition) is 0. The number of nitrogens with zero attached hydrogens (tertiary/aromatic N) is 3. The van der Waals surface area contributed by atoms with E-state index in [-0.39, 0.29) is 11.7 Å². The summed E-state index contributed by atoms with van der Waals surface area (Å²) in [7, 11) is 0. The molecule has 4 heterocycles. The Hall–Kier alpha value is -3.03. The van der Waals surface area contributed by atoms with Gasteiger partial charge in [0, 0.05) is 25.6 Å². The van der Waals surface area contributed by atoms with Crippen molar-refractivity contribution in [3.05, 3.63) is 88.2 Å². The molecule has 4 aromatic rings. The zero-order valence-electron chi connectivity index (χ0n) is 19.5. The predicted molar refractivity (Wildman–Crippen MR) is 135 cm³/mol. The molecule has 2 unspecified atom stereocenters. The lowest BCUT2D eigenvalue weighted by molar-refractivity contribution is 0.0783. The van der Waals surface area contributed by atoms with Gasteiger partial charge in [0.25, 0.3) is 5.91 Å². The lowest BCUT2D eigenvalue weighted by atomic mass is 9.87. The first-order valence-corrected chi connectivity index (χ1v) is 13.2. The van der Waals surface area contributed by atoms with E-state index < -0.39 is 0 Å². The molecule has 7 heteroatoms. The third kappa shape index (κ3) is 4.50. The zero-order chi connectivity index (χ0) is 23.8. The van der Waals surface area contributed by atoms with Crippen LogP contribution < -0.4 is 0 Å². The highest BCUT2D eigenvalue weighted by Crippen LogP contribution is 2.37. The Bertz CT molecular complexity index is 1300. The van der Waals surface area contributed by atoms with E-state index in [0.29, 0.717) is 34.4 Å². The molecule has 0 bridgehead atoms. The van der Waals surface area contributed by atoms with Crippen molar-refractivity contribution in [2.45, 2.75) is 24.7 Å². The second kappa shape index (κ2) is 9.55. The first-order chi connectivity index (χ1) is 17.2. The molecule has 0 N–H and O–H groups in total. The zero-order valence-corrected chi connectivity index (χ0v) is 20.3. The summed E-state index contributed by atoms with van der Waals surface area (Å²) in [6.45, 7) is 4.50. The van der Waals surface area contributed by atoms with Crippen molar-refractivity contribution in [1.29, 1.82) is 0 Å². The second-order valence-corrected chi connectivity index (χ2v) is 10.5. The minimum Gasteiger partial charge on any atom is -0.443 e. The molecule has 180 valence electrons. The van der Waals surface area contributed by atoms with Crippen LogP contribution in [0.3, 0.4) is 0 Å². The van der Waals surface area contributed by atoms with Crippen molar-refractivity contribution in [3.63, 3.8) is 0 Å². The van der Waals surface area contributed by atoms with Crippen molar-refractivity contribution in [3.8, 4) is 0 Å². The fourth-order valence-electron chi connectivity index (χ4n) is 5.83. The van der Waals surface area contributed by atoms with Crippen molar-refractivity contribution in [2.24, 2.45) is 5.92 Å². The molecular weight excluding hydrogens is 461 g/mol. The summed E-state index contributed by atoms with van der Waals surface area (Å²) in [4.78, 5) is 22.4. The maximum Gasteiger partial charge on any atom is 0.256 e. The third-order valence-corrected chi connectivity index (χ3v) is 8.41.